The molecule has 0 heterocycles. The molecule has 0 aliphatic rings. The van der Waals surface area contributed by atoms with Crippen LogP contribution in [0.2, 0.25) is 0 Å². The summed E-state index contributed by atoms with van der Waals surface area (Å²) in [6.45, 7) is 4.04. The Kier molecular flexibility index (Phi) is 8.53. The summed E-state index contributed by atoms with van der Waals surface area (Å²) < 4.78 is 0. The summed E-state index contributed by atoms with van der Waals surface area (Å²) in [5, 5.41) is 0. The molecule has 0 amide bonds. The Labute approximate surface area is 255 Å². The van der Waals surface area contributed by atoms with Crippen LogP contribution in [0.25, 0.3) is 39.0 Å². The molecule has 0 unspecified atom stereocenters. The predicted molar refractivity (Wildman–Crippen MR) is 185 cm³/mol. The van der Waals surface area contributed by atoms with Gasteiger partial charge in [0.05, 0.1) is 0 Å². The van der Waals surface area contributed by atoms with Gasteiger partial charge in [-0.2, -0.15) is 0 Å². The highest BCUT2D eigenvalue weighted by Gasteiger charge is 2.09. The zero-order valence-electron chi connectivity index (χ0n) is 24.1. The van der Waals surface area contributed by atoms with Gasteiger partial charge in [-0.05, 0) is 80.9 Å². The Morgan fingerprint density at radius 3 is 1.37 bits per heavy atom. The van der Waals surface area contributed by atoms with Crippen molar-refractivity contribution >= 4 is 16.9 Å². The van der Waals surface area contributed by atoms with E-state index >= 15 is 0 Å². The minimum Gasteiger partial charge on any atom is -0.317 e. The molecule has 0 bridgehead atoms. The highest BCUT2D eigenvalue weighted by Crippen LogP contribution is 2.32. The third kappa shape index (κ3) is 6.64. The largest absolute Gasteiger partial charge is 0.317 e. The van der Waals surface area contributed by atoms with E-state index in [1.54, 1.807) is 0 Å². The van der Waals surface area contributed by atoms with E-state index in [1.165, 1.54) is 33.4 Å². The lowest BCUT2D eigenvalue weighted by atomic mass is 9.99. The molecule has 1 nitrogen and oxygen atoms in total. The van der Waals surface area contributed by atoms with Gasteiger partial charge in [0.15, 0.2) is 0 Å². The third-order valence-corrected chi connectivity index (χ3v) is 7.54. The van der Waals surface area contributed by atoms with Crippen LogP contribution in [-0.2, 0) is 0 Å². The van der Waals surface area contributed by atoms with Gasteiger partial charge in [-0.15, -0.1) is 0 Å². The molecule has 0 aromatic heterocycles. The summed E-state index contributed by atoms with van der Waals surface area (Å²) in [6, 6.07) is 57.6. The second-order valence-corrected chi connectivity index (χ2v) is 10.3. The quantitative estimate of drug-likeness (QED) is 0.162. The Morgan fingerprint density at radius 2 is 0.860 bits per heavy atom. The SMILES string of the molecule is C=C/C(=C\C=C\N(c1ccc(-c2ccccc2)cc1)c1ccc(-c2cccc(-c3ccccc3)c2)cc1)c1ccccc1. The van der Waals surface area contributed by atoms with Crippen LogP contribution in [0.1, 0.15) is 5.56 Å². The lowest BCUT2D eigenvalue weighted by molar-refractivity contribution is 1.28. The summed E-state index contributed by atoms with van der Waals surface area (Å²) in [7, 11) is 0. The number of hydrogen-bond acceptors (Lipinski definition) is 1. The molecule has 0 spiro atoms. The van der Waals surface area contributed by atoms with E-state index in [0.29, 0.717) is 0 Å². The number of hydrogen-bond donors (Lipinski definition) is 0. The van der Waals surface area contributed by atoms with Gasteiger partial charge in [0, 0.05) is 17.6 Å². The summed E-state index contributed by atoms with van der Waals surface area (Å²) >= 11 is 0. The summed E-state index contributed by atoms with van der Waals surface area (Å²) in [6.07, 6.45) is 8.22. The van der Waals surface area contributed by atoms with Crippen LogP contribution in [0.15, 0.2) is 195 Å². The van der Waals surface area contributed by atoms with Crippen molar-refractivity contribution in [2.75, 3.05) is 4.90 Å². The molecular formula is C42H33N. The molecule has 0 N–H and O–H groups in total. The number of allylic oxidation sites excluding steroid dienone is 4. The van der Waals surface area contributed by atoms with Crippen LogP contribution in [0, 0.1) is 0 Å². The first kappa shape index (κ1) is 27.5. The van der Waals surface area contributed by atoms with Gasteiger partial charge in [0.2, 0.25) is 0 Å². The van der Waals surface area contributed by atoms with E-state index in [2.05, 4.69) is 169 Å². The zero-order valence-corrected chi connectivity index (χ0v) is 24.1. The monoisotopic (exact) mass is 551 g/mol. The van der Waals surface area contributed by atoms with Crippen LogP contribution >= 0.6 is 0 Å². The molecule has 0 saturated heterocycles. The molecule has 0 aliphatic carbocycles. The predicted octanol–water partition coefficient (Wildman–Crippen LogP) is 11.6. The second kappa shape index (κ2) is 13.3. The van der Waals surface area contributed by atoms with Crippen molar-refractivity contribution in [3.8, 4) is 33.4 Å². The van der Waals surface area contributed by atoms with Gasteiger partial charge in [-0.25, -0.2) is 0 Å². The first-order chi connectivity index (χ1) is 21.3. The van der Waals surface area contributed by atoms with E-state index in [-0.39, 0.29) is 0 Å². The van der Waals surface area contributed by atoms with Crippen molar-refractivity contribution in [2.45, 2.75) is 0 Å². The minimum absolute atomic E-state index is 1.07. The van der Waals surface area contributed by atoms with Crippen molar-refractivity contribution in [3.63, 3.8) is 0 Å². The molecule has 0 fully saturated rings. The van der Waals surface area contributed by atoms with Crippen LogP contribution in [0.4, 0.5) is 11.4 Å². The van der Waals surface area contributed by atoms with E-state index in [0.717, 1.165) is 22.5 Å². The van der Waals surface area contributed by atoms with Gasteiger partial charge in [-0.1, -0.05) is 152 Å². The van der Waals surface area contributed by atoms with Crippen LogP contribution < -0.4 is 4.90 Å². The van der Waals surface area contributed by atoms with Crippen molar-refractivity contribution in [1.29, 1.82) is 0 Å². The van der Waals surface area contributed by atoms with Gasteiger partial charge >= 0.3 is 0 Å². The zero-order chi connectivity index (χ0) is 29.3. The lowest BCUT2D eigenvalue weighted by Crippen LogP contribution is -2.08. The summed E-state index contributed by atoms with van der Waals surface area (Å²) in [5.74, 6) is 0. The first-order valence-electron chi connectivity index (χ1n) is 14.6. The summed E-state index contributed by atoms with van der Waals surface area (Å²) in [4.78, 5) is 2.22. The normalized spacial score (nSPS) is 11.4. The molecule has 206 valence electrons. The summed E-state index contributed by atoms with van der Waals surface area (Å²) in [5.41, 5.74) is 11.6. The topological polar surface area (TPSA) is 3.24 Å². The molecule has 6 aromatic carbocycles. The first-order valence-corrected chi connectivity index (χ1v) is 14.6. The van der Waals surface area contributed by atoms with Crippen LogP contribution in [-0.4, -0.2) is 0 Å². The van der Waals surface area contributed by atoms with Gasteiger partial charge < -0.3 is 4.90 Å². The molecule has 6 rings (SSSR count). The Morgan fingerprint density at radius 1 is 0.442 bits per heavy atom. The van der Waals surface area contributed by atoms with E-state index < -0.39 is 0 Å². The maximum absolute atomic E-state index is 4.04. The number of benzene rings is 6. The van der Waals surface area contributed by atoms with E-state index in [4.69, 9.17) is 0 Å². The fourth-order valence-electron chi connectivity index (χ4n) is 5.24. The second-order valence-electron chi connectivity index (χ2n) is 10.3. The third-order valence-electron chi connectivity index (χ3n) is 7.54. The van der Waals surface area contributed by atoms with Gasteiger partial charge in [-0.3, -0.25) is 0 Å². The van der Waals surface area contributed by atoms with Crippen molar-refractivity contribution in [1.82, 2.24) is 0 Å². The molecule has 0 saturated carbocycles. The average Bonchev–Trinajstić information content (AvgIpc) is 3.10. The number of rotatable bonds is 9. The molecule has 43 heavy (non-hydrogen) atoms. The molecule has 0 atom stereocenters. The fourth-order valence-corrected chi connectivity index (χ4v) is 5.24. The molecule has 6 aromatic rings. The Balaban J connectivity index is 1.33. The Bertz CT molecular complexity index is 1830. The number of anilines is 2. The van der Waals surface area contributed by atoms with Crippen molar-refractivity contribution in [3.05, 3.63) is 200 Å². The molecular weight excluding hydrogens is 518 g/mol. The average molecular weight is 552 g/mol. The highest BCUT2D eigenvalue weighted by molar-refractivity contribution is 5.77. The van der Waals surface area contributed by atoms with Crippen molar-refractivity contribution < 1.29 is 0 Å². The Hall–Kier alpha value is -5.66. The maximum Gasteiger partial charge on any atom is 0.0455 e. The van der Waals surface area contributed by atoms with Gasteiger partial charge in [0.1, 0.15) is 0 Å². The number of nitrogens with zero attached hydrogens (tertiary/aromatic N) is 1. The fraction of sp³-hybridized carbons (Fsp3) is 0. The van der Waals surface area contributed by atoms with Gasteiger partial charge in [0.25, 0.3) is 0 Å². The van der Waals surface area contributed by atoms with E-state index in [9.17, 15) is 0 Å². The van der Waals surface area contributed by atoms with Crippen molar-refractivity contribution in [2.24, 2.45) is 0 Å². The molecule has 0 radical (unpaired) electrons. The minimum atomic E-state index is 1.07. The van der Waals surface area contributed by atoms with Crippen LogP contribution in [0.3, 0.4) is 0 Å². The highest BCUT2D eigenvalue weighted by atomic mass is 15.1. The molecule has 1 heteroatoms. The standard InChI is InChI=1S/C42H33N/c1-2-33(34-14-6-3-7-15-34)22-13-31-43(41-27-23-37(24-28-41)35-16-8-4-9-17-35)42-29-25-38(26-30-42)40-21-12-20-39(32-40)36-18-10-5-11-19-36/h2-32H,1H2/b31-13+,33-22+. The lowest BCUT2D eigenvalue weighted by Gasteiger charge is -2.22. The van der Waals surface area contributed by atoms with Crippen LogP contribution in [0.5, 0.6) is 0 Å². The molecule has 0 aliphatic heterocycles. The maximum atomic E-state index is 4.04. The van der Waals surface area contributed by atoms with E-state index in [1.807, 2.05) is 30.3 Å². The smallest absolute Gasteiger partial charge is 0.0455 e.